The number of ketones is 1. The van der Waals surface area contributed by atoms with E-state index in [9.17, 15) is 9.18 Å². The van der Waals surface area contributed by atoms with Crippen molar-refractivity contribution in [3.8, 4) is 5.75 Å². The molecule has 2 aliphatic heterocycles. The Labute approximate surface area is 175 Å². The summed E-state index contributed by atoms with van der Waals surface area (Å²) in [5.41, 5.74) is 0.986. The van der Waals surface area contributed by atoms with Gasteiger partial charge in [-0.05, 0) is 42.7 Å². The summed E-state index contributed by atoms with van der Waals surface area (Å²) in [6.07, 6.45) is 1.31. The second kappa shape index (κ2) is 8.70. The van der Waals surface area contributed by atoms with E-state index in [-0.39, 0.29) is 24.6 Å². The van der Waals surface area contributed by atoms with Gasteiger partial charge in [-0.3, -0.25) is 9.69 Å². The number of piperidine rings is 1. The zero-order valence-corrected chi connectivity index (χ0v) is 17.1. The van der Waals surface area contributed by atoms with Crippen LogP contribution >= 0.6 is 0 Å². The van der Waals surface area contributed by atoms with E-state index < -0.39 is 11.4 Å². The number of methoxy groups -OCH3 is 1. The van der Waals surface area contributed by atoms with Crippen LogP contribution in [0.4, 0.5) is 14.6 Å². The van der Waals surface area contributed by atoms with Crippen LogP contribution in [-0.2, 0) is 11.3 Å². The highest BCUT2D eigenvalue weighted by Gasteiger charge is 2.47. The molecule has 0 amide bonds. The van der Waals surface area contributed by atoms with Crippen LogP contribution in [0, 0.1) is 5.82 Å². The minimum Gasteiger partial charge on any atom is -0.488 e. The molecule has 2 aromatic carbocycles. The summed E-state index contributed by atoms with van der Waals surface area (Å²) in [5.74, 6) is -0.188. The van der Waals surface area contributed by atoms with Crippen LogP contribution in [-0.4, -0.2) is 49.6 Å². The summed E-state index contributed by atoms with van der Waals surface area (Å²) >= 11 is 0. The predicted octanol–water partition coefficient (Wildman–Crippen LogP) is 4.16. The number of halogens is 2. The second-order valence-corrected chi connectivity index (χ2v) is 8.00. The van der Waals surface area contributed by atoms with Crippen molar-refractivity contribution >= 4 is 11.5 Å². The molecule has 160 valence electrons. The number of Topliss-reactive ketones (excluding diaryl/α,β-unsaturated/α-hetero) is 1. The standard InChI is InChI=1S/C23H26F2N2O3/c1-29-12-13-30-22-14-17(6-7-19(22)24)16-26-10-8-23(9-11-26)15-21(28)18-4-2-3-5-20(18)27(23)25/h2-7,14H,8-13,15-16H2,1H3. The Morgan fingerprint density at radius 3 is 2.63 bits per heavy atom. The van der Waals surface area contributed by atoms with Gasteiger partial charge in [-0.25, -0.2) is 9.51 Å². The molecule has 0 unspecified atom stereocenters. The smallest absolute Gasteiger partial charge is 0.167 e. The van der Waals surface area contributed by atoms with E-state index in [1.165, 1.54) is 6.07 Å². The number of para-hydroxylation sites is 1. The van der Waals surface area contributed by atoms with E-state index in [1.807, 2.05) is 0 Å². The third kappa shape index (κ3) is 4.04. The third-order valence-corrected chi connectivity index (χ3v) is 6.06. The number of ether oxygens (including phenoxy) is 2. The molecule has 4 rings (SSSR count). The van der Waals surface area contributed by atoms with Gasteiger partial charge in [0.05, 0.1) is 17.8 Å². The molecule has 0 aliphatic carbocycles. The van der Waals surface area contributed by atoms with E-state index in [1.54, 1.807) is 43.5 Å². The Morgan fingerprint density at radius 1 is 1.10 bits per heavy atom. The van der Waals surface area contributed by atoms with Crippen LogP contribution in [0.3, 0.4) is 0 Å². The van der Waals surface area contributed by atoms with E-state index >= 15 is 4.48 Å². The number of anilines is 1. The van der Waals surface area contributed by atoms with E-state index in [0.717, 1.165) is 10.7 Å². The Hall–Kier alpha value is -2.51. The van der Waals surface area contributed by atoms with Crippen LogP contribution in [0.25, 0.3) is 0 Å². The SMILES string of the molecule is COCCOc1cc(CN2CCC3(CC2)CC(=O)c2ccccc2N3F)ccc1F. The molecule has 2 aromatic rings. The maximum Gasteiger partial charge on any atom is 0.167 e. The Bertz CT molecular complexity index is 913. The normalized spacial score (nSPS) is 18.5. The summed E-state index contributed by atoms with van der Waals surface area (Å²) in [7, 11) is 1.57. The molecule has 0 aromatic heterocycles. The number of carbonyl (C=O) groups is 1. The Kier molecular flexibility index (Phi) is 6.01. The first kappa shape index (κ1) is 20.8. The van der Waals surface area contributed by atoms with Gasteiger partial charge in [-0.2, -0.15) is 0 Å². The van der Waals surface area contributed by atoms with Crippen molar-refractivity contribution in [1.82, 2.24) is 4.90 Å². The van der Waals surface area contributed by atoms with Crippen LogP contribution < -0.4 is 9.86 Å². The number of benzene rings is 2. The molecule has 2 aliphatic rings. The van der Waals surface area contributed by atoms with Crippen molar-refractivity contribution in [2.75, 3.05) is 38.5 Å². The van der Waals surface area contributed by atoms with Gasteiger partial charge in [0.1, 0.15) is 6.61 Å². The number of fused-ring (bicyclic) bond motifs is 1. The fourth-order valence-electron chi connectivity index (χ4n) is 4.35. The maximum absolute atomic E-state index is 15.3. The van der Waals surface area contributed by atoms with Crippen molar-refractivity contribution in [1.29, 1.82) is 0 Å². The zero-order chi connectivity index (χ0) is 21.1. The Balaban J connectivity index is 1.41. The van der Waals surface area contributed by atoms with Crippen molar-refractivity contribution in [3.63, 3.8) is 0 Å². The number of rotatable bonds is 6. The van der Waals surface area contributed by atoms with Crippen molar-refractivity contribution in [2.45, 2.75) is 31.3 Å². The minimum atomic E-state index is -0.779. The van der Waals surface area contributed by atoms with Gasteiger partial charge in [-0.15, -0.1) is 0 Å². The molecular weight excluding hydrogens is 390 g/mol. The van der Waals surface area contributed by atoms with Crippen LogP contribution in [0.1, 0.15) is 35.2 Å². The second-order valence-electron chi connectivity index (χ2n) is 8.00. The number of likely N-dealkylation sites (tertiary alicyclic amines) is 1. The average Bonchev–Trinajstić information content (AvgIpc) is 2.76. The van der Waals surface area contributed by atoms with Gasteiger partial charge < -0.3 is 9.47 Å². The zero-order valence-electron chi connectivity index (χ0n) is 17.1. The highest BCUT2D eigenvalue weighted by atomic mass is 19.2. The summed E-state index contributed by atoms with van der Waals surface area (Å²) in [6, 6.07) is 11.7. The number of carbonyl (C=O) groups excluding carboxylic acids is 1. The molecule has 0 bridgehead atoms. The summed E-state index contributed by atoms with van der Waals surface area (Å²) in [5, 5.41) is 0.820. The first-order valence-corrected chi connectivity index (χ1v) is 10.2. The molecule has 5 nitrogen and oxygen atoms in total. The molecule has 0 atom stereocenters. The molecule has 30 heavy (non-hydrogen) atoms. The number of nitrogens with zero attached hydrogens (tertiary/aromatic N) is 2. The van der Waals surface area contributed by atoms with Crippen molar-refractivity contribution < 1.29 is 23.1 Å². The largest absolute Gasteiger partial charge is 0.488 e. The molecular formula is C23H26F2N2O3. The van der Waals surface area contributed by atoms with Gasteiger partial charge in [0.2, 0.25) is 0 Å². The van der Waals surface area contributed by atoms with E-state index in [0.29, 0.717) is 50.3 Å². The van der Waals surface area contributed by atoms with E-state index in [4.69, 9.17) is 9.47 Å². The fourth-order valence-corrected chi connectivity index (χ4v) is 4.35. The highest BCUT2D eigenvalue weighted by molar-refractivity contribution is 6.04. The average molecular weight is 416 g/mol. The Morgan fingerprint density at radius 2 is 1.87 bits per heavy atom. The lowest BCUT2D eigenvalue weighted by molar-refractivity contribution is 0.0756. The lowest BCUT2D eigenvalue weighted by Gasteiger charge is -2.47. The molecule has 7 heteroatoms. The third-order valence-electron chi connectivity index (χ3n) is 6.06. The summed E-state index contributed by atoms with van der Waals surface area (Å²) < 4.78 is 39.6. The molecule has 1 fully saturated rings. The first-order valence-electron chi connectivity index (χ1n) is 10.2. The maximum atomic E-state index is 15.3. The summed E-state index contributed by atoms with van der Waals surface area (Å²) in [4.78, 5) is 14.8. The van der Waals surface area contributed by atoms with Gasteiger partial charge in [0.25, 0.3) is 0 Å². The monoisotopic (exact) mass is 416 g/mol. The van der Waals surface area contributed by atoms with Crippen LogP contribution in [0.5, 0.6) is 5.75 Å². The van der Waals surface area contributed by atoms with E-state index in [2.05, 4.69) is 4.90 Å². The molecule has 2 heterocycles. The lowest BCUT2D eigenvalue weighted by Crippen LogP contribution is -2.55. The fraction of sp³-hybridized carbons (Fsp3) is 0.435. The van der Waals surface area contributed by atoms with Gasteiger partial charge >= 0.3 is 0 Å². The first-order chi connectivity index (χ1) is 14.5. The molecule has 0 radical (unpaired) electrons. The number of hydrogen-bond acceptors (Lipinski definition) is 5. The van der Waals surface area contributed by atoms with Crippen LogP contribution in [0.15, 0.2) is 42.5 Å². The van der Waals surface area contributed by atoms with Gasteiger partial charge in [0.15, 0.2) is 17.3 Å². The van der Waals surface area contributed by atoms with Gasteiger partial charge in [0, 0.05) is 38.7 Å². The van der Waals surface area contributed by atoms with Crippen molar-refractivity contribution in [2.24, 2.45) is 0 Å². The highest BCUT2D eigenvalue weighted by Crippen LogP contribution is 2.43. The van der Waals surface area contributed by atoms with Gasteiger partial charge in [-0.1, -0.05) is 22.7 Å². The summed E-state index contributed by atoms with van der Waals surface area (Å²) in [6.45, 7) is 2.61. The lowest BCUT2D eigenvalue weighted by atomic mass is 9.78. The minimum absolute atomic E-state index is 0.00401. The molecule has 0 saturated carbocycles. The topological polar surface area (TPSA) is 42.0 Å². The molecule has 1 spiro atoms. The predicted molar refractivity (Wildman–Crippen MR) is 110 cm³/mol. The molecule has 0 N–H and O–H groups in total. The molecule has 1 saturated heterocycles. The van der Waals surface area contributed by atoms with Crippen molar-refractivity contribution in [3.05, 3.63) is 59.4 Å². The number of hydrogen-bond donors (Lipinski definition) is 0. The van der Waals surface area contributed by atoms with Crippen LogP contribution in [0.2, 0.25) is 0 Å². The quantitative estimate of drug-likeness (QED) is 0.523.